The third kappa shape index (κ3) is 6.36. The lowest BCUT2D eigenvalue weighted by Gasteiger charge is -2.38. The van der Waals surface area contributed by atoms with Crippen molar-refractivity contribution in [2.75, 3.05) is 0 Å². The molecule has 1 rings (SSSR count). The van der Waals surface area contributed by atoms with Gasteiger partial charge in [0.15, 0.2) is 0 Å². The van der Waals surface area contributed by atoms with E-state index in [-0.39, 0.29) is 10.3 Å². The van der Waals surface area contributed by atoms with Gasteiger partial charge < -0.3 is 9.39 Å². The summed E-state index contributed by atoms with van der Waals surface area (Å²) >= 11 is 4.66. The zero-order valence-corrected chi connectivity index (χ0v) is 17.5. The Labute approximate surface area is 155 Å². The largest absolute Gasteiger partial charge is 0.491 e. The van der Waals surface area contributed by atoms with Crippen LogP contribution in [0.5, 0.6) is 0 Å². The Morgan fingerprint density at radius 2 is 1.83 bits per heavy atom. The Hall–Kier alpha value is -0.605. The molecular formula is C20H35BO2S. The highest BCUT2D eigenvalue weighted by Crippen LogP contribution is 2.31. The van der Waals surface area contributed by atoms with Gasteiger partial charge >= 0.3 is 7.48 Å². The molecule has 2 nitrogen and oxygen atoms in total. The lowest BCUT2D eigenvalue weighted by Crippen LogP contribution is -2.44. The fourth-order valence-electron chi connectivity index (χ4n) is 1.98. The van der Waals surface area contributed by atoms with Crippen molar-refractivity contribution in [2.45, 2.75) is 90.6 Å². The summed E-state index contributed by atoms with van der Waals surface area (Å²) in [4.78, 5) is 0. The van der Waals surface area contributed by atoms with Gasteiger partial charge in [-0.2, -0.15) is 12.6 Å². The standard InChI is InChI=1S/C20H35BO2S/c1-8-15(3)18(22-17-11-10-12-17)14-13-16(9-2)21-23-19(4,5)20(6,7)24/h9,13-14,17,21,24H,8,10-12H2,1-7H3/b14-13-,16-9+,18-15-. The Kier molecular flexibility index (Phi) is 8.21. The van der Waals surface area contributed by atoms with Gasteiger partial charge in [-0.25, -0.2) is 0 Å². The smallest absolute Gasteiger partial charge is 0.309 e. The van der Waals surface area contributed by atoms with Crippen molar-refractivity contribution in [1.82, 2.24) is 0 Å². The van der Waals surface area contributed by atoms with Crippen LogP contribution in [0.2, 0.25) is 0 Å². The molecule has 0 radical (unpaired) electrons. The second-order valence-electron chi connectivity index (χ2n) is 7.72. The van der Waals surface area contributed by atoms with E-state index in [1.807, 2.05) is 6.92 Å². The summed E-state index contributed by atoms with van der Waals surface area (Å²) in [6, 6.07) is 0. The van der Waals surface area contributed by atoms with Gasteiger partial charge in [0.2, 0.25) is 0 Å². The van der Waals surface area contributed by atoms with E-state index in [0.717, 1.165) is 17.7 Å². The number of hydrogen-bond acceptors (Lipinski definition) is 3. The lowest BCUT2D eigenvalue weighted by molar-refractivity contribution is 0.0572. The predicted molar refractivity (Wildman–Crippen MR) is 110 cm³/mol. The van der Waals surface area contributed by atoms with Crippen molar-refractivity contribution in [3.63, 3.8) is 0 Å². The molecule has 0 unspecified atom stereocenters. The van der Waals surface area contributed by atoms with Crippen molar-refractivity contribution < 1.29 is 9.39 Å². The zero-order valence-electron chi connectivity index (χ0n) is 16.6. The minimum absolute atomic E-state index is 0.202. The quantitative estimate of drug-likeness (QED) is 0.254. The normalized spacial score (nSPS) is 18.4. The summed E-state index contributed by atoms with van der Waals surface area (Å²) < 4.78 is 12.1. The number of allylic oxidation sites excluding steroid dienone is 5. The van der Waals surface area contributed by atoms with E-state index in [1.165, 1.54) is 24.8 Å². The first-order chi connectivity index (χ1) is 11.1. The number of thiol groups is 1. The highest BCUT2D eigenvalue weighted by atomic mass is 32.1. The van der Waals surface area contributed by atoms with Crippen LogP contribution in [0, 0.1) is 0 Å². The molecule has 0 aromatic carbocycles. The maximum Gasteiger partial charge on any atom is 0.309 e. The second kappa shape index (κ2) is 9.19. The molecule has 1 fully saturated rings. The summed E-state index contributed by atoms with van der Waals surface area (Å²) in [6.45, 7) is 14.7. The third-order valence-corrected chi connectivity index (χ3v) is 5.73. The molecule has 0 aromatic heterocycles. The Balaban J connectivity index is 2.72. The van der Waals surface area contributed by atoms with Crippen LogP contribution in [-0.4, -0.2) is 23.9 Å². The van der Waals surface area contributed by atoms with Crippen LogP contribution in [0.25, 0.3) is 0 Å². The highest BCUT2D eigenvalue weighted by Gasteiger charge is 2.34. The van der Waals surface area contributed by atoms with E-state index in [4.69, 9.17) is 9.39 Å². The van der Waals surface area contributed by atoms with Gasteiger partial charge in [-0.15, -0.1) is 0 Å². The maximum atomic E-state index is 6.15. The molecule has 0 spiro atoms. The summed E-state index contributed by atoms with van der Waals surface area (Å²) in [6.07, 6.45) is 11.4. The molecule has 4 heteroatoms. The Morgan fingerprint density at radius 3 is 2.25 bits per heavy atom. The summed E-state index contributed by atoms with van der Waals surface area (Å²) in [5.41, 5.74) is 2.14. The van der Waals surface area contributed by atoms with E-state index >= 15 is 0 Å². The molecule has 24 heavy (non-hydrogen) atoms. The molecule has 0 saturated heterocycles. The van der Waals surface area contributed by atoms with Crippen LogP contribution in [0.4, 0.5) is 0 Å². The van der Waals surface area contributed by atoms with Crippen molar-refractivity contribution in [3.8, 4) is 0 Å². The van der Waals surface area contributed by atoms with Crippen molar-refractivity contribution >= 4 is 20.1 Å². The van der Waals surface area contributed by atoms with E-state index in [0.29, 0.717) is 13.6 Å². The number of hydrogen-bond donors (Lipinski definition) is 1. The van der Waals surface area contributed by atoms with Crippen LogP contribution in [-0.2, 0) is 9.39 Å². The lowest BCUT2D eigenvalue weighted by atomic mass is 9.83. The number of ether oxygens (including phenoxy) is 1. The van der Waals surface area contributed by atoms with Crippen LogP contribution in [0.3, 0.4) is 0 Å². The topological polar surface area (TPSA) is 18.5 Å². The molecule has 0 aromatic rings. The van der Waals surface area contributed by atoms with Crippen molar-refractivity contribution in [2.24, 2.45) is 0 Å². The highest BCUT2D eigenvalue weighted by molar-refractivity contribution is 7.81. The van der Waals surface area contributed by atoms with Gasteiger partial charge in [0.25, 0.3) is 0 Å². The van der Waals surface area contributed by atoms with Crippen molar-refractivity contribution in [3.05, 3.63) is 35.0 Å². The first-order valence-electron chi connectivity index (χ1n) is 9.16. The van der Waals surface area contributed by atoms with Gasteiger partial charge in [0.1, 0.15) is 5.76 Å². The molecule has 1 aliphatic carbocycles. The molecule has 0 amide bonds. The predicted octanol–water partition coefficient (Wildman–Crippen LogP) is 5.55. The van der Waals surface area contributed by atoms with Gasteiger partial charge in [-0.3, -0.25) is 0 Å². The monoisotopic (exact) mass is 350 g/mol. The summed E-state index contributed by atoms with van der Waals surface area (Å²) in [5.74, 6) is 1.02. The van der Waals surface area contributed by atoms with Gasteiger partial charge in [0, 0.05) is 4.75 Å². The van der Waals surface area contributed by atoms with Crippen LogP contribution in [0.15, 0.2) is 35.0 Å². The van der Waals surface area contributed by atoms with Crippen LogP contribution < -0.4 is 0 Å². The first kappa shape index (κ1) is 21.4. The molecule has 0 atom stereocenters. The van der Waals surface area contributed by atoms with Crippen LogP contribution in [0.1, 0.15) is 74.1 Å². The molecule has 1 saturated carbocycles. The van der Waals surface area contributed by atoms with Gasteiger partial charge in [-0.05, 0) is 78.9 Å². The fraction of sp³-hybridized carbons (Fsp3) is 0.700. The molecule has 0 heterocycles. The third-order valence-electron chi connectivity index (χ3n) is 5.19. The summed E-state index contributed by atoms with van der Waals surface area (Å²) in [7, 11) is 0.575. The fourth-order valence-corrected chi connectivity index (χ4v) is 2.04. The minimum Gasteiger partial charge on any atom is -0.491 e. The average molecular weight is 350 g/mol. The van der Waals surface area contributed by atoms with Crippen molar-refractivity contribution in [1.29, 1.82) is 0 Å². The maximum absolute atomic E-state index is 6.15. The van der Waals surface area contributed by atoms with E-state index in [9.17, 15) is 0 Å². The average Bonchev–Trinajstić information content (AvgIpc) is 2.46. The second-order valence-corrected chi connectivity index (χ2v) is 8.84. The summed E-state index contributed by atoms with van der Waals surface area (Å²) in [5, 5.41) is 0. The molecule has 1 aliphatic rings. The van der Waals surface area contributed by atoms with E-state index in [2.05, 4.69) is 72.4 Å². The minimum atomic E-state index is -0.307. The Morgan fingerprint density at radius 1 is 1.21 bits per heavy atom. The van der Waals surface area contributed by atoms with Crippen LogP contribution >= 0.6 is 12.6 Å². The molecular weight excluding hydrogens is 315 g/mol. The molecule has 0 N–H and O–H groups in total. The van der Waals surface area contributed by atoms with E-state index < -0.39 is 0 Å². The first-order valence-corrected chi connectivity index (χ1v) is 9.61. The van der Waals surface area contributed by atoms with Gasteiger partial charge in [0.05, 0.1) is 11.7 Å². The SMILES string of the molecule is C\C=C(BOC(C)(C)C(C)(C)S)/C=C\C(OC1CCC1)=C(/C)CC. The Bertz CT molecular complexity index is 494. The molecule has 136 valence electrons. The molecule has 0 bridgehead atoms. The van der Waals surface area contributed by atoms with Gasteiger partial charge in [-0.1, -0.05) is 24.5 Å². The number of rotatable bonds is 9. The molecule has 0 aliphatic heterocycles. The van der Waals surface area contributed by atoms with E-state index in [1.54, 1.807) is 0 Å². The zero-order chi connectivity index (χ0) is 18.4.